The molecular formula is C11H18. The summed E-state index contributed by atoms with van der Waals surface area (Å²) in [6.45, 7) is 10.7. The van der Waals surface area contributed by atoms with Gasteiger partial charge in [-0.05, 0) is 24.2 Å². The zero-order valence-electron chi connectivity index (χ0n) is 7.85. The van der Waals surface area contributed by atoms with E-state index in [0.717, 1.165) is 5.92 Å². The summed E-state index contributed by atoms with van der Waals surface area (Å²) in [5.41, 5.74) is 1.81. The Morgan fingerprint density at radius 1 is 1.64 bits per heavy atom. The van der Waals surface area contributed by atoms with Crippen LogP contribution in [0.1, 0.15) is 33.6 Å². The lowest BCUT2D eigenvalue weighted by Gasteiger charge is -2.31. The molecule has 0 aromatic heterocycles. The second-order valence-electron chi connectivity index (χ2n) is 4.43. The highest BCUT2D eigenvalue weighted by molar-refractivity contribution is 5.22. The molecule has 0 spiro atoms. The van der Waals surface area contributed by atoms with Crippen molar-refractivity contribution < 1.29 is 0 Å². The summed E-state index contributed by atoms with van der Waals surface area (Å²) in [5.74, 6) is 0.822. The number of allylic oxidation sites excluding steroid dienone is 3. The summed E-state index contributed by atoms with van der Waals surface area (Å²) < 4.78 is 0. The predicted octanol–water partition coefficient (Wildman–Crippen LogP) is 3.55. The van der Waals surface area contributed by atoms with Gasteiger partial charge in [-0.25, -0.2) is 0 Å². The third kappa shape index (κ3) is 2.21. The van der Waals surface area contributed by atoms with E-state index >= 15 is 0 Å². The molecular weight excluding hydrogens is 132 g/mol. The van der Waals surface area contributed by atoms with Crippen LogP contribution >= 0.6 is 0 Å². The van der Waals surface area contributed by atoms with Gasteiger partial charge >= 0.3 is 0 Å². The van der Waals surface area contributed by atoms with E-state index in [4.69, 9.17) is 0 Å². The molecule has 62 valence electrons. The molecule has 0 bridgehead atoms. The molecule has 0 fully saturated rings. The van der Waals surface area contributed by atoms with Gasteiger partial charge in [0.15, 0.2) is 0 Å². The molecule has 1 unspecified atom stereocenters. The molecule has 0 saturated heterocycles. The van der Waals surface area contributed by atoms with Gasteiger partial charge in [-0.3, -0.25) is 0 Å². The van der Waals surface area contributed by atoms with Crippen LogP contribution in [0.4, 0.5) is 0 Å². The summed E-state index contributed by atoms with van der Waals surface area (Å²) in [7, 11) is 0. The smallest absolute Gasteiger partial charge is 0.0166 e. The third-order valence-corrected chi connectivity index (χ3v) is 2.30. The fraction of sp³-hybridized carbons (Fsp3) is 0.636. The van der Waals surface area contributed by atoms with Gasteiger partial charge in [-0.2, -0.15) is 0 Å². The van der Waals surface area contributed by atoms with Gasteiger partial charge in [0.1, 0.15) is 0 Å². The van der Waals surface area contributed by atoms with Crippen LogP contribution in [0, 0.1) is 11.3 Å². The molecule has 0 heterocycles. The normalized spacial score (nSPS) is 29.4. The van der Waals surface area contributed by atoms with Gasteiger partial charge in [-0.15, -0.1) is 0 Å². The first-order valence-corrected chi connectivity index (χ1v) is 4.38. The van der Waals surface area contributed by atoms with Crippen LogP contribution in [0.25, 0.3) is 0 Å². The topological polar surface area (TPSA) is 0 Å². The van der Waals surface area contributed by atoms with Gasteiger partial charge in [0.25, 0.3) is 0 Å². The van der Waals surface area contributed by atoms with Crippen LogP contribution < -0.4 is 0 Å². The van der Waals surface area contributed by atoms with Crippen molar-refractivity contribution in [2.24, 2.45) is 11.3 Å². The first-order chi connectivity index (χ1) is 5.03. The summed E-state index contributed by atoms with van der Waals surface area (Å²) in [6.07, 6.45) is 6.88. The highest BCUT2D eigenvalue weighted by Gasteiger charge is 2.23. The third-order valence-electron chi connectivity index (χ3n) is 2.30. The molecule has 1 aliphatic carbocycles. The molecule has 0 aromatic carbocycles. The van der Waals surface area contributed by atoms with Crippen molar-refractivity contribution in [1.82, 2.24) is 0 Å². The van der Waals surface area contributed by atoms with E-state index in [1.807, 2.05) is 6.08 Å². The molecule has 0 aromatic rings. The van der Waals surface area contributed by atoms with E-state index in [-0.39, 0.29) is 0 Å². The van der Waals surface area contributed by atoms with E-state index in [2.05, 4.69) is 33.4 Å². The number of hydrogen-bond acceptors (Lipinski definition) is 0. The Kier molecular flexibility index (Phi) is 2.22. The van der Waals surface area contributed by atoms with Gasteiger partial charge in [0, 0.05) is 0 Å². The highest BCUT2D eigenvalue weighted by Crippen LogP contribution is 2.36. The Labute approximate surface area is 70.0 Å². The Morgan fingerprint density at radius 3 is 2.73 bits per heavy atom. The zero-order chi connectivity index (χ0) is 8.48. The summed E-state index contributed by atoms with van der Waals surface area (Å²) in [5, 5.41) is 0. The molecule has 1 atom stereocenters. The van der Waals surface area contributed by atoms with Gasteiger partial charge in [0.2, 0.25) is 0 Å². The van der Waals surface area contributed by atoms with E-state index < -0.39 is 0 Å². The average Bonchev–Trinajstić information content (AvgIpc) is 1.83. The van der Waals surface area contributed by atoms with Crippen LogP contribution in [0.15, 0.2) is 24.3 Å². The lowest BCUT2D eigenvalue weighted by atomic mass is 9.75. The maximum atomic E-state index is 3.82. The van der Waals surface area contributed by atoms with Crippen LogP contribution in [-0.2, 0) is 0 Å². The molecule has 0 saturated carbocycles. The van der Waals surface area contributed by atoms with Crippen LogP contribution in [-0.4, -0.2) is 0 Å². The Hall–Kier alpha value is -0.520. The molecule has 0 heteroatoms. The van der Waals surface area contributed by atoms with Crippen molar-refractivity contribution in [3.63, 3.8) is 0 Å². The standard InChI is InChI=1S/C11H18/c1-5-10-6-9(2)7-11(3,4)8-10/h5,8-9H,1,6-7H2,2-4H3. The van der Waals surface area contributed by atoms with Crippen LogP contribution in [0.3, 0.4) is 0 Å². The largest absolute Gasteiger partial charge is 0.0988 e. The molecule has 1 aliphatic rings. The quantitative estimate of drug-likeness (QED) is 0.536. The lowest BCUT2D eigenvalue weighted by molar-refractivity contribution is 0.325. The van der Waals surface area contributed by atoms with Crippen molar-refractivity contribution in [2.45, 2.75) is 33.6 Å². The molecule has 0 radical (unpaired) electrons. The monoisotopic (exact) mass is 150 g/mol. The molecule has 0 amide bonds. The van der Waals surface area contributed by atoms with Gasteiger partial charge in [-0.1, -0.05) is 45.1 Å². The maximum absolute atomic E-state index is 3.82. The van der Waals surface area contributed by atoms with Crippen molar-refractivity contribution in [2.75, 3.05) is 0 Å². The summed E-state index contributed by atoms with van der Waals surface area (Å²) in [4.78, 5) is 0. The number of rotatable bonds is 1. The van der Waals surface area contributed by atoms with E-state index in [1.54, 1.807) is 0 Å². The first-order valence-electron chi connectivity index (χ1n) is 4.38. The summed E-state index contributed by atoms with van der Waals surface area (Å²) >= 11 is 0. The van der Waals surface area contributed by atoms with Crippen LogP contribution in [0.2, 0.25) is 0 Å². The van der Waals surface area contributed by atoms with Crippen LogP contribution in [0.5, 0.6) is 0 Å². The fourth-order valence-corrected chi connectivity index (χ4v) is 2.13. The SMILES string of the molecule is C=CC1=CC(C)(C)CC(C)C1. The highest BCUT2D eigenvalue weighted by atomic mass is 14.3. The van der Waals surface area contributed by atoms with Gasteiger partial charge < -0.3 is 0 Å². The average molecular weight is 150 g/mol. The molecule has 1 rings (SSSR count). The number of hydrogen-bond donors (Lipinski definition) is 0. The first kappa shape index (κ1) is 8.58. The Balaban J connectivity index is 2.81. The van der Waals surface area contributed by atoms with E-state index in [1.165, 1.54) is 18.4 Å². The molecule has 0 aliphatic heterocycles. The zero-order valence-corrected chi connectivity index (χ0v) is 7.85. The van der Waals surface area contributed by atoms with Crippen molar-refractivity contribution >= 4 is 0 Å². The maximum Gasteiger partial charge on any atom is -0.0166 e. The lowest BCUT2D eigenvalue weighted by Crippen LogP contribution is -2.18. The van der Waals surface area contributed by atoms with Crippen molar-refractivity contribution in [3.05, 3.63) is 24.3 Å². The second kappa shape index (κ2) is 2.84. The fourth-order valence-electron chi connectivity index (χ4n) is 2.13. The predicted molar refractivity (Wildman–Crippen MR) is 50.5 cm³/mol. The summed E-state index contributed by atoms with van der Waals surface area (Å²) in [6, 6.07) is 0. The Morgan fingerprint density at radius 2 is 2.27 bits per heavy atom. The van der Waals surface area contributed by atoms with Crippen molar-refractivity contribution in [3.8, 4) is 0 Å². The van der Waals surface area contributed by atoms with E-state index in [9.17, 15) is 0 Å². The van der Waals surface area contributed by atoms with E-state index in [0.29, 0.717) is 5.41 Å². The van der Waals surface area contributed by atoms with Gasteiger partial charge in [0.05, 0.1) is 0 Å². The molecule has 0 nitrogen and oxygen atoms in total. The Bertz CT molecular complexity index is 184. The van der Waals surface area contributed by atoms with Crippen molar-refractivity contribution in [1.29, 1.82) is 0 Å². The minimum absolute atomic E-state index is 0.390. The minimum atomic E-state index is 0.390. The second-order valence-corrected chi connectivity index (χ2v) is 4.43. The molecule has 0 N–H and O–H groups in total. The molecule has 11 heavy (non-hydrogen) atoms. The minimum Gasteiger partial charge on any atom is -0.0988 e.